The van der Waals surface area contributed by atoms with Crippen LogP contribution in [0.3, 0.4) is 0 Å². The van der Waals surface area contributed by atoms with Gasteiger partial charge in [0.05, 0.1) is 0 Å². The fraction of sp³-hybridized carbons (Fsp3) is 0.565. The normalized spacial score (nSPS) is 17.5. The van der Waals surface area contributed by atoms with E-state index in [1.165, 1.54) is 22.4 Å². The first-order valence-electron chi connectivity index (χ1n) is 9.39. The van der Waals surface area contributed by atoms with Crippen molar-refractivity contribution in [1.82, 2.24) is 0 Å². The van der Waals surface area contributed by atoms with E-state index in [4.69, 9.17) is 0 Å². The minimum Gasteiger partial charge on any atom is -0.147 e. The average molecular weight is 490 g/mol. The molecule has 0 amide bonds. The van der Waals surface area contributed by atoms with Crippen molar-refractivity contribution in [2.45, 2.75) is 80.1 Å². The van der Waals surface area contributed by atoms with Gasteiger partial charge in [0.2, 0.25) is 0 Å². The monoisotopic (exact) mass is 487 g/mol. The molecule has 1 aromatic rings. The number of allylic oxidation sites excluding steroid dienone is 4. The van der Waals surface area contributed by atoms with E-state index < -0.39 is 23.5 Å². The molecule has 1 unspecified atom stereocenters. The summed E-state index contributed by atoms with van der Waals surface area (Å²) < 4.78 is 5.63. The van der Waals surface area contributed by atoms with Crippen molar-refractivity contribution in [3.63, 3.8) is 0 Å². The van der Waals surface area contributed by atoms with E-state index in [0.29, 0.717) is 5.92 Å². The molecule has 0 aromatic heterocycles. The second-order valence-corrected chi connectivity index (χ2v) is 12.1. The third-order valence-electron chi connectivity index (χ3n) is 5.67. The molecule has 0 aliphatic heterocycles. The van der Waals surface area contributed by atoms with E-state index in [0.717, 1.165) is 0 Å². The van der Waals surface area contributed by atoms with Crippen molar-refractivity contribution in [3.05, 3.63) is 49.3 Å². The van der Waals surface area contributed by atoms with E-state index in [1.54, 1.807) is 14.4 Å². The molecule has 0 saturated heterocycles. The SMILES string of the molecule is CC1=C(C)C(C)[C]([Zr][NH]c2ccc(C(C)(C)C)cc2C(C)(C)C)=C1C.Cl.Cl. The van der Waals surface area contributed by atoms with Gasteiger partial charge in [-0.15, -0.1) is 24.8 Å². The minimum atomic E-state index is -0.829. The Kier molecular flexibility index (Phi) is 9.63. The molecule has 1 aromatic carbocycles. The Morgan fingerprint density at radius 3 is 1.81 bits per heavy atom. The third kappa shape index (κ3) is 5.97. The quantitative estimate of drug-likeness (QED) is 0.457. The second kappa shape index (κ2) is 9.64. The Balaban J connectivity index is 0.00000338. The number of anilines is 1. The molecule has 2 rings (SSSR count). The Bertz CT molecular complexity index is 734. The van der Waals surface area contributed by atoms with E-state index in [2.05, 4.69) is 90.7 Å². The van der Waals surface area contributed by atoms with Gasteiger partial charge in [-0.2, -0.15) is 0 Å². The predicted octanol–water partition coefficient (Wildman–Crippen LogP) is 7.79. The molecule has 1 aliphatic rings. The van der Waals surface area contributed by atoms with Crippen LogP contribution < -0.4 is 3.26 Å². The molecule has 0 bridgehead atoms. The molecule has 27 heavy (non-hydrogen) atoms. The standard InChI is InChI=1S/C14H22N.C9H13.2ClH.Zr/c1-13(2,3)10-7-8-12(15)11(9-10)14(4,5)6;1-6-5-7(2)9(4)8(6)3;;;/h7-9,15H,1-6H3;6H,1-4H3;2*1H;/q-1;;;;+1. The molecule has 0 spiro atoms. The Morgan fingerprint density at radius 2 is 1.41 bits per heavy atom. The van der Waals surface area contributed by atoms with E-state index in [-0.39, 0.29) is 35.6 Å². The first kappa shape index (κ1) is 27.0. The molecule has 1 atom stereocenters. The van der Waals surface area contributed by atoms with Crippen LogP contribution >= 0.6 is 24.8 Å². The van der Waals surface area contributed by atoms with Crippen LogP contribution in [0.1, 0.15) is 80.4 Å². The number of hydrogen-bond acceptors (Lipinski definition) is 1. The van der Waals surface area contributed by atoms with Crippen LogP contribution in [0.5, 0.6) is 0 Å². The Labute approximate surface area is 191 Å². The smallest absolute Gasteiger partial charge is 0.147 e. The summed E-state index contributed by atoms with van der Waals surface area (Å²) in [6, 6.07) is 7.06. The molecule has 0 radical (unpaired) electrons. The maximum Gasteiger partial charge on any atom is -0.147 e. The zero-order valence-electron chi connectivity index (χ0n) is 18.6. The topological polar surface area (TPSA) is 12.0 Å². The van der Waals surface area contributed by atoms with E-state index >= 15 is 0 Å². The molecule has 0 heterocycles. The number of nitrogens with one attached hydrogen (secondary N) is 1. The molecule has 0 saturated carbocycles. The fourth-order valence-electron chi connectivity index (χ4n) is 3.44. The van der Waals surface area contributed by atoms with E-state index in [1.807, 2.05) is 0 Å². The van der Waals surface area contributed by atoms with Gasteiger partial charge >= 0.3 is 168 Å². The summed E-state index contributed by atoms with van der Waals surface area (Å²) in [6.07, 6.45) is 0. The maximum absolute atomic E-state index is 3.93. The summed E-state index contributed by atoms with van der Waals surface area (Å²) in [4.78, 5) is 0. The van der Waals surface area contributed by atoms with Crippen molar-refractivity contribution < 1.29 is 23.5 Å². The Morgan fingerprint density at radius 1 is 0.852 bits per heavy atom. The summed E-state index contributed by atoms with van der Waals surface area (Å²) in [7, 11) is 0. The zero-order valence-corrected chi connectivity index (χ0v) is 22.7. The van der Waals surface area contributed by atoms with Crippen molar-refractivity contribution in [3.8, 4) is 0 Å². The third-order valence-corrected chi connectivity index (χ3v) is 9.28. The molecular weight excluding hydrogens is 452 g/mol. The zero-order chi connectivity index (χ0) is 19.2. The van der Waals surface area contributed by atoms with Gasteiger partial charge in [-0.3, -0.25) is 0 Å². The van der Waals surface area contributed by atoms with Gasteiger partial charge in [-0.25, -0.2) is 0 Å². The molecule has 152 valence electrons. The van der Waals surface area contributed by atoms with Gasteiger partial charge in [0.1, 0.15) is 0 Å². The van der Waals surface area contributed by atoms with Gasteiger partial charge in [0.25, 0.3) is 0 Å². The van der Waals surface area contributed by atoms with Crippen LogP contribution in [-0.4, -0.2) is 0 Å². The molecule has 0 fully saturated rings. The number of hydrogen-bond donors (Lipinski definition) is 1. The number of benzene rings is 1. The van der Waals surface area contributed by atoms with Crippen molar-refractivity contribution >= 4 is 30.5 Å². The van der Waals surface area contributed by atoms with Crippen LogP contribution in [0.4, 0.5) is 5.69 Å². The van der Waals surface area contributed by atoms with Gasteiger partial charge in [0, 0.05) is 0 Å². The van der Waals surface area contributed by atoms with Crippen LogP contribution in [0.15, 0.2) is 38.2 Å². The molecule has 1 N–H and O–H groups in total. The van der Waals surface area contributed by atoms with Gasteiger partial charge in [-0.05, 0) is 0 Å². The Hall–Kier alpha value is -0.0369. The first-order chi connectivity index (χ1) is 11.3. The van der Waals surface area contributed by atoms with Crippen LogP contribution in [0.2, 0.25) is 0 Å². The van der Waals surface area contributed by atoms with Gasteiger partial charge in [0.15, 0.2) is 0 Å². The fourth-order valence-corrected chi connectivity index (χ4v) is 6.62. The number of rotatable bonds is 3. The predicted molar refractivity (Wildman–Crippen MR) is 122 cm³/mol. The van der Waals surface area contributed by atoms with Crippen LogP contribution in [0.25, 0.3) is 0 Å². The largest absolute Gasteiger partial charge is 0.147 e. The summed E-state index contributed by atoms with van der Waals surface area (Å²) in [5.41, 5.74) is 9.19. The van der Waals surface area contributed by atoms with Gasteiger partial charge < -0.3 is 0 Å². The molecule has 4 heteroatoms. The van der Waals surface area contributed by atoms with Crippen molar-refractivity contribution in [1.29, 1.82) is 0 Å². The molecule has 1 nitrogen and oxygen atoms in total. The first-order valence-corrected chi connectivity index (χ1v) is 11.9. The van der Waals surface area contributed by atoms with Crippen LogP contribution in [0, 0.1) is 5.92 Å². The number of halogens is 2. The maximum atomic E-state index is 3.93. The molecular formula is C23H37Cl2NZr. The summed E-state index contributed by atoms with van der Waals surface area (Å²) in [5.74, 6) is 0.631. The van der Waals surface area contributed by atoms with Gasteiger partial charge in [-0.1, -0.05) is 0 Å². The molecule has 1 aliphatic carbocycles. The minimum absolute atomic E-state index is 0. The van der Waals surface area contributed by atoms with Crippen molar-refractivity contribution in [2.24, 2.45) is 5.92 Å². The summed E-state index contributed by atoms with van der Waals surface area (Å²) in [5, 5.41) is 0. The van der Waals surface area contributed by atoms with Crippen molar-refractivity contribution in [2.75, 3.05) is 3.26 Å². The second-order valence-electron chi connectivity index (χ2n) is 9.58. The van der Waals surface area contributed by atoms with Crippen LogP contribution in [-0.2, 0) is 34.4 Å². The summed E-state index contributed by atoms with van der Waals surface area (Å²) >= 11 is -0.829. The average Bonchev–Trinajstić information content (AvgIpc) is 2.67. The summed E-state index contributed by atoms with van der Waals surface area (Å²) in [6.45, 7) is 23.1. The van der Waals surface area contributed by atoms with E-state index in [9.17, 15) is 0 Å².